The minimum absolute atomic E-state index is 0.0285. The largest absolute Gasteiger partial charge is 0.452 e. The van der Waals surface area contributed by atoms with Crippen molar-refractivity contribution in [3.63, 3.8) is 0 Å². The second-order valence-electron chi connectivity index (χ2n) is 5.26. The standard InChI is InChI=1S/C15H17ClFNO3/c1-10-4-6-18(7-5-10)14(19)9-21-15(20)12-3-2-11(17)8-13(12)16/h2-3,8,10H,4-7,9H2,1H3. The van der Waals surface area contributed by atoms with Gasteiger partial charge in [0.15, 0.2) is 6.61 Å². The third-order valence-corrected chi connectivity index (χ3v) is 3.93. The maximum Gasteiger partial charge on any atom is 0.340 e. The zero-order chi connectivity index (χ0) is 15.4. The van der Waals surface area contributed by atoms with Crippen molar-refractivity contribution in [3.05, 3.63) is 34.6 Å². The predicted octanol–water partition coefficient (Wildman–Crippen LogP) is 2.89. The maximum absolute atomic E-state index is 12.9. The van der Waals surface area contributed by atoms with Crippen molar-refractivity contribution in [1.82, 2.24) is 4.90 Å². The lowest BCUT2D eigenvalue weighted by Gasteiger charge is -2.30. The number of nitrogens with zero attached hydrogens (tertiary/aromatic N) is 1. The monoisotopic (exact) mass is 313 g/mol. The Morgan fingerprint density at radius 2 is 2.05 bits per heavy atom. The zero-order valence-electron chi connectivity index (χ0n) is 11.8. The van der Waals surface area contributed by atoms with Gasteiger partial charge >= 0.3 is 5.97 Å². The number of likely N-dealkylation sites (tertiary alicyclic amines) is 1. The van der Waals surface area contributed by atoms with E-state index in [2.05, 4.69) is 6.92 Å². The SMILES string of the molecule is CC1CCN(C(=O)COC(=O)c2ccc(F)cc2Cl)CC1. The molecule has 0 N–H and O–H groups in total. The van der Waals surface area contributed by atoms with Gasteiger partial charge in [-0.15, -0.1) is 0 Å². The van der Waals surface area contributed by atoms with Crippen LogP contribution in [0.5, 0.6) is 0 Å². The Balaban J connectivity index is 1.87. The van der Waals surface area contributed by atoms with E-state index in [0.29, 0.717) is 19.0 Å². The third-order valence-electron chi connectivity index (χ3n) is 3.61. The molecule has 114 valence electrons. The van der Waals surface area contributed by atoms with Gasteiger partial charge in [-0.05, 0) is 37.0 Å². The van der Waals surface area contributed by atoms with Crippen molar-refractivity contribution in [3.8, 4) is 0 Å². The minimum atomic E-state index is -0.723. The summed E-state index contributed by atoms with van der Waals surface area (Å²) in [6, 6.07) is 3.40. The van der Waals surface area contributed by atoms with E-state index in [1.165, 1.54) is 6.07 Å². The molecule has 0 aromatic heterocycles. The summed E-state index contributed by atoms with van der Waals surface area (Å²) < 4.78 is 17.9. The number of amides is 1. The van der Waals surface area contributed by atoms with Gasteiger partial charge in [0.1, 0.15) is 5.82 Å². The quantitative estimate of drug-likeness (QED) is 0.806. The maximum atomic E-state index is 12.9. The highest BCUT2D eigenvalue weighted by Crippen LogP contribution is 2.19. The molecule has 0 saturated carbocycles. The molecule has 1 heterocycles. The van der Waals surface area contributed by atoms with Gasteiger partial charge in [0.05, 0.1) is 10.6 Å². The van der Waals surface area contributed by atoms with Crippen molar-refractivity contribution in [2.24, 2.45) is 5.92 Å². The van der Waals surface area contributed by atoms with Crippen LogP contribution in [0.4, 0.5) is 4.39 Å². The molecule has 21 heavy (non-hydrogen) atoms. The molecule has 0 unspecified atom stereocenters. The van der Waals surface area contributed by atoms with Crippen LogP contribution in [-0.4, -0.2) is 36.5 Å². The van der Waals surface area contributed by atoms with Crippen LogP contribution in [0.15, 0.2) is 18.2 Å². The molecule has 1 saturated heterocycles. The molecule has 4 nitrogen and oxygen atoms in total. The number of hydrogen-bond donors (Lipinski definition) is 0. The second-order valence-corrected chi connectivity index (χ2v) is 5.67. The second kappa shape index (κ2) is 6.89. The van der Waals surface area contributed by atoms with Crippen molar-refractivity contribution < 1.29 is 18.7 Å². The molecule has 2 rings (SSSR count). The summed E-state index contributed by atoms with van der Waals surface area (Å²) in [7, 11) is 0. The van der Waals surface area contributed by atoms with E-state index in [9.17, 15) is 14.0 Å². The number of ether oxygens (including phenoxy) is 1. The van der Waals surface area contributed by atoms with Crippen LogP contribution in [-0.2, 0) is 9.53 Å². The topological polar surface area (TPSA) is 46.6 Å². The fourth-order valence-electron chi connectivity index (χ4n) is 2.21. The summed E-state index contributed by atoms with van der Waals surface area (Å²) in [5.41, 5.74) is 0.0538. The number of carbonyl (C=O) groups is 2. The number of rotatable bonds is 3. The fourth-order valence-corrected chi connectivity index (χ4v) is 2.45. The molecule has 6 heteroatoms. The molecule has 0 aliphatic carbocycles. The first-order valence-corrected chi connectivity index (χ1v) is 7.25. The molecule has 1 amide bonds. The van der Waals surface area contributed by atoms with Crippen LogP contribution >= 0.6 is 11.6 Å². The van der Waals surface area contributed by atoms with E-state index in [4.69, 9.17) is 16.3 Å². The smallest absolute Gasteiger partial charge is 0.340 e. The molecule has 1 aliphatic heterocycles. The Morgan fingerprint density at radius 3 is 2.67 bits per heavy atom. The zero-order valence-corrected chi connectivity index (χ0v) is 12.5. The van der Waals surface area contributed by atoms with Gasteiger partial charge in [0, 0.05) is 13.1 Å². The molecular formula is C15H17ClFNO3. The van der Waals surface area contributed by atoms with Gasteiger partial charge in [0.2, 0.25) is 0 Å². The summed E-state index contributed by atoms with van der Waals surface area (Å²) in [6.07, 6.45) is 1.92. The molecule has 0 bridgehead atoms. The summed E-state index contributed by atoms with van der Waals surface area (Å²) in [4.78, 5) is 25.4. The molecule has 1 aromatic carbocycles. The van der Waals surface area contributed by atoms with Crippen molar-refractivity contribution >= 4 is 23.5 Å². The first-order valence-electron chi connectivity index (χ1n) is 6.87. The number of hydrogen-bond acceptors (Lipinski definition) is 3. The third kappa shape index (κ3) is 4.17. The number of esters is 1. The van der Waals surface area contributed by atoms with Gasteiger partial charge in [-0.25, -0.2) is 9.18 Å². The van der Waals surface area contributed by atoms with Crippen LogP contribution in [0.3, 0.4) is 0 Å². The lowest BCUT2D eigenvalue weighted by Crippen LogP contribution is -2.40. The minimum Gasteiger partial charge on any atom is -0.452 e. The van der Waals surface area contributed by atoms with Gasteiger partial charge in [0.25, 0.3) is 5.91 Å². The average Bonchev–Trinajstić information content (AvgIpc) is 2.45. The Labute approximate surface area is 127 Å². The first-order chi connectivity index (χ1) is 9.97. The fraction of sp³-hybridized carbons (Fsp3) is 0.467. The van der Waals surface area contributed by atoms with E-state index in [-0.39, 0.29) is 23.1 Å². The first kappa shape index (κ1) is 15.8. The highest BCUT2D eigenvalue weighted by atomic mass is 35.5. The normalized spacial score (nSPS) is 15.9. The van der Waals surface area contributed by atoms with E-state index in [0.717, 1.165) is 25.0 Å². The molecule has 0 radical (unpaired) electrons. The van der Waals surface area contributed by atoms with E-state index < -0.39 is 11.8 Å². The summed E-state index contributed by atoms with van der Waals surface area (Å²) in [6.45, 7) is 3.21. The lowest BCUT2D eigenvalue weighted by atomic mass is 9.99. The van der Waals surface area contributed by atoms with Crippen LogP contribution in [0, 0.1) is 11.7 Å². The number of carbonyl (C=O) groups excluding carboxylic acids is 2. The Hall–Kier alpha value is -1.62. The molecule has 1 fully saturated rings. The van der Waals surface area contributed by atoms with E-state index in [1.807, 2.05) is 0 Å². The van der Waals surface area contributed by atoms with Gasteiger partial charge in [-0.2, -0.15) is 0 Å². The molecule has 1 aromatic rings. The van der Waals surface area contributed by atoms with Crippen molar-refractivity contribution in [2.45, 2.75) is 19.8 Å². The Morgan fingerprint density at radius 1 is 1.38 bits per heavy atom. The highest BCUT2D eigenvalue weighted by Gasteiger charge is 2.22. The summed E-state index contributed by atoms with van der Waals surface area (Å²) in [5, 5.41) is -0.0285. The number of halogens is 2. The summed E-state index contributed by atoms with van der Waals surface area (Å²) >= 11 is 5.77. The number of benzene rings is 1. The Bertz CT molecular complexity index is 542. The lowest BCUT2D eigenvalue weighted by molar-refractivity contribution is -0.135. The van der Waals surface area contributed by atoms with Gasteiger partial charge in [-0.3, -0.25) is 4.79 Å². The van der Waals surface area contributed by atoms with E-state index in [1.54, 1.807) is 4.90 Å². The highest BCUT2D eigenvalue weighted by molar-refractivity contribution is 6.33. The predicted molar refractivity (Wildman–Crippen MR) is 76.7 cm³/mol. The molecule has 0 spiro atoms. The number of piperidine rings is 1. The van der Waals surface area contributed by atoms with Crippen molar-refractivity contribution in [2.75, 3.05) is 19.7 Å². The van der Waals surface area contributed by atoms with Crippen LogP contribution in [0.1, 0.15) is 30.1 Å². The van der Waals surface area contributed by atoms with Crippen LogP contribution in [0.2, 0.25) is 5.02 Å². The van der Waals surface area contributed by atoms with Gasteiger partial charge < -0.3 is 9.64 Å². The van der Waals surface area contributed by atoms with E-state index >= 15 is 0 Å². The van der Waals surface area contributed by atoms with Crippen LogP contribution < -0.4 is 0 Å². The average molecular weight is 314 g/mol. The van der Waals surface area contributed by atoms with Gasteiger partial charge in [-0.1, -0.05) is 18.5 Å². The van der Waals surface area contributed by atoms with Crippen LogP contribution in [0.25, 0.3) is 0 Å². The molecular weight excluding hydrogens is 297 g/mol. The molecule has 0 atom stereocenters. The van der Waals surface area contributed by atoms with Crippen molar-refractivity contribution in [1.29, 1.82) is 0 Å². The summed E-state index contributed by atoms with van der Waals surface area (Å²) in [5.74, 6) is -0.850. The Kier molecular flexibility index (Phi) is 5.17. The molecule has 1 aliphatic rings.